The minimum Gasteiger partial charge on any atom is -0.372 e. The first kappa shape index (κ1) is 18.9. The van der Waals surface area contributed by atoms with Crippen LogP contribution >= 0.6 is 0 Å². The fourth-order valence-corrected chi connectivity index (χ4v) is 5.48. The van der Waals surface area contributed by atoms with E-state index < -0.39 is 0 Å². The lowest BCUT2D eigenvalue weighted by molar-refractivity contribution is -0.127. The van der Waals surface area contributed by atoms with Crippen LogP contribution in [0.1, 0.15) is 38.4 Å². The highest BCUT2D eigenvalue weighted by molar-refractivity contribution is 5.77. The average Bonchev–Trinajstić information content (AvgIpc) is 3.19. The Morgan fingerprint density at radius 2 is 2.26 bits per heavy atom. The van der Waals surface area contributed by atoms with E-state index in [1.165, 1.54) is 38.8 Å². The van der Waals surface area contributed by atoms with Crippen molar-refractivity contribution >= 4 is 5.91 Å². The molecule has 1 aromatic heterocycles. The van der Waals surface area contributed by atoms with Gasteiger partial charge in [-0.25, -0.2) is 4.98 Å². The Morgan fingerprint density at radius 1 is 1.37 bits per heavy atom. The van der Waals surface area contributed by atoms with E-state index in [2.05, 4.69) is 25.1 Å². The summed E-state index contributed by atoms with van der Waals surface area (Å²) in [6.07, 6.45) is 8.95. The highest BCUT2D eigenvalue weighted by Crippen LogP contribution is 2.41. The Hall–Kier alpha value is -1.44. The number of aromatic amines is 1. The lowest BCUT2D eigenvalue weighted by Gasteiger charge is -2.56. The molecule has 4 rings (SSSR count). The second-order valence-electron chi connectivity index (χ2n) is 8.30. The predicted molar refractivity (Wildman–Crippen MR) is 103 cm³/mol. The molecule has 0 aromatic carbocycles. The van der Waals surface area contributed by atoms with Gasteiger partial charge in [-0.05, 0) is 44.6 Å². The number of H-pyrrole nitrogens is 1. The summed E-state index contributed by atoms with van der Waals surface area (Å²) in [7, 11) is 0. The van der Waals surface area contributed by atoms with E-state index in [-0.39, 0.29) is 12.5 Å². The molecule has 0 aliphatic carbocycles. The van der Waals surface area contributed by atoms with Crippen molar-refractivity contribution in [1.82, 2.24) is 25.1 Å². The molecule has 2 N–H and O–H groups in total. The predicted octanol–water partition coefficient (Wildman–Crippen LogP) is 1.24. The van der Waals surface area contributed by atoms with Crippen LogP contribution in [0.4, 0.5) is 0 Å². The highest BCUT2D eigenvalue weighted by Gasteiger charge is 2.47. The van der Waals surface area contributed by atoms with E-state index in [0.29, 0.717) is 24.6 Å². The number of aromatic nitrogens is 2. The quantitative estimate of drug-likeness (QED) is 0.750. The number of hydrogen-bond acceptors (Lipinski definition) is 5. The number of likely N-dealkylation sites (tertiary alicyclic amines) is 1. The summed E-state index contributed by atoms with van der Waals surface area (Å²) in [4.78, 5) is 25.0. The first-order valence-electron chi connectivity index (χ1n) is 10.6. The van der Waals surface area contributed by atoms with E-state index in [1.54, 1.807) is 0 Å². The molecule has 0 unspecified atom stereocenters. The summed E-state index contributed by atoms with van der Waals surface area (Å²) < 4.78 is 5.25. The van der Waals surface area contributed by atoms with Gasteiger partial charge in [-0.15, -0.1) is 0 Å². The third-order valence-electron chi connectivity index (χ3n) is 6.57. The molecule has 150 valence electrons. The summed E-state index contributed by atoms with van der Waals surface area (Å²) in [6.45, 7) is 7.75. The van der Waals surface area contributed by atoms with Gasteiger partial charge >= 0.3 is 0 Å². The minimum atomic E-state index is 0.00999. The van der Waals surface area contributed by atoms with E-state index in [9.17, 15) is 4.79 Å². The van der Waals surface area contributed by atoms with Gasteiger partial charge in [0, 0.05) is 50.7 Å². The molecule has 0 saturated carbocycles. The molecular weight excluding hydrogens is 342 g/mol. The molecule has 27 heavy (non-hydrogen) atoms. The van der Waals surface area contributed by atoms with Crippen molar-refractivity contribution in [3.05, 3.63) is 18.2 Å². The third-order valence-corrected chi connectivity index (χ3v) is 6.57. The molecule has 7 heteroatoms. The van der Waals surface area contributed by atoms with Gasteiger partial charge < -0.3 is 15.0 Å². The van der Waals surface area contributed by atoms with Gasteiger partial charge in [0.25, 0.3) is 0 Å². The van der Waals surface area contributed by atoms with Crippen molar-refractivity contribution in [2.45, 2.75) is 51.2 Å². The lowest BCUT2D eigenvalue weighted by atomic mass is 9.72. The molecule has 1 amide bonds. The number of ether oxygens (including phenoxy) is 1. The molecule has 0 spiro atoms. The Morgan fingerprint density at radius 3 is 3.07 bits per heavy atom. The zero-order valence-electron chi connectivity index (χ0n) is 16.4. The van der Waals surface area contributed by atoms with Gasteiger partial charge in [-0.1, -0.05) is 6.42 Å². The fourth-order valence-electron chi connectivity index (χ4n) is 5.48. The van der Waals surface area contributed by atoms with Crippen molar-refractivity contribution < 1.29 is 9.53 Å². The maximum atomic E-state index is 12.1. The average molecular weight is 376 g/mol. The number of nitrogens with one attached hydrogen (secondary N) is 2. The first-order valence-corrected chi connectivity index (χ1v) is 10.6. The second kappa shape index (κ2) is 8.71. The molecule has 4 heterocycles. The summed E-state index contributed by atoms with van der Waals surface area (Å²) in [5.41, 5.74) is 0. The van der Waals surface area contributed by atoms with E-state index in [0.717, 1.165) is 31.4 Å². The molecule has 3 saturated heterocycles. The summed E-state index contributed by atoms with van der Waals surface area (Å²) >= 11 is 0. The molecule has 2 bridgehead atoms. The first-order chi connectivity index (χ1) is 13.2. The Bertz CT molecular complexity index is 608. The minimum absolute atomic E-state index is 0.00999. The number of fused-ring (bicyclic) bond motifs is 4. The number of imidazole rings is 1. The Kier molecular flexibility index (Phi) is 6.10. The third kappa shape index (κ3) is 4.36. The van der Waals surface area contributed by atoms with Gasteiger partial charge in [-0.2, -0.15) is 0 Å². The number of amides is 1. The van der Waals surface area contributed by atoms with Crippen LogP contribution in [-0.4, -0.2) is 77.2 Å². The van der Waals surface area contributed by atoms with Gasteiger partial charge in [0.2, 0.25) is 5.91 Å². The highest BCUT2D eigenvalue weighted by atomic mass is 16.5. The fraction of sp³-hybridized carbons (Fsp3) is 0.800. The van der Waals surface area contributed by atoms with Crippen LogP contribution in [0.25, 0.3) is 0 Å². The number of hydrogen-bond donors (Lipinski definition) is 2. The molecule has 3 aliphatic rings. The van der Waals surface area contributed by atoms with Gasteiger partial charge in [0.05, 0.1) is 6.54 Å². The number of rotatable bonds is 7. The smallest absolute Gasteiger partial charge is 0.246 e. The van der Waals surface area contributed by atoms with Gasteiger partial charge in [0.15, 0.2) is 0 Å². The SMILES string of the molecule is CCOCC(=O)NC[C@H]1[C@H]2C[C@H](CN(Cc3ncc[nH]3)C2)[C@@H]2CCCCN21. The van der Waals surface area contributed by atoms with Crippen LogP contribution < -0.4 is 5.32 Å². The molecule has 4 atom stereocenters. The standard InChI is InChI=1S/C20H33N5O2/c1-2-27-14-20(26)23-10-18-16-9-15(17-5-3-4-8-25(17)18)11-24(12-16)13-19-21-6-7-22-19/h6-7,15-18H,2-5,8-14H2,1H3,(H,21,22)(H,23,26)/t15-,16+,17+,18+/m1/s1. The summed E-state index contributed by atoms with van der Waals surface area (Å²) in [6, 6.07) is 1.11. The number of carbonyl (C=O) groups is 1. The topological polar surface area (TPSA) is 73.5 Å². The maximum absolute atomic E-state index is 12.1. The van der Waals surface area contributed by atoms with Crippen molar-refractivity contribution in [3.8, 4) is 0 Å². The van der Waals surface area contributed by atoms with Gasteiger partial charge in [-0.3, -0.25) is 14.6 Å². The molecular formula is C20H33N5O2. The van der Waals surface area contributed by atoms with Crippen LogP contribution in [0.3, 0.4) is 0 Å². The number of piperidine rings is 3. The monoisotopic (exact) mass is 375 g/mol. The number of carbonyl (C=O) groups excluding carboxylic acids is 1. The Labute approximate surface area is 161 Å². The number of nitrogens with zero attached hydrogens (tertiary/aromatic N) is 3. The largest absolute Gasteiger partial charge is 0.372 e. The summed E-state index contributed by atoms with van der Waals surface area (Å²) in [5, 5.41) is 3.14. The van der Waals surface area contributed by atoms with E-state index in [4.69, 9.17) is 4.74 Å². The van der Waals surface area contributed by atoms with Crippen molar-refractivity contribution in [3.63, 3.8) is 0 Å². The van der Waals surface area contributed by atoms with Crippen LogP contribution in [0.15, 0.2) is 12.4 Å². The zero-order chi connectivity index (χ0) is 18.6. The van der Waals surface area contributed by atoms with Gasteiger partial charge in [0.1, 0.15) is 12.4 Å². The second-order valence-corrected chi connectivity index (χ2v) is 8.30. The molecule has 7 nitrogen and oxygen atoms in total. The van der Waals surface area contributed by atoms with E-state index in [1.807, 2.05) is 19.3 Å². The molecule has 1 aromatic rings. The van der Waals surface area contributed by atoms with Crippen LogP contribution in [0, 0.1) is 11.8 Å². The summed E-state index contributed by atoms with van der Waals surface area (Å²) in [5.74, 6) is 2.42. The molecule has 3 fully saturated rings. The van der Waals surface area contributed by atoms with Crippen molar-refractivity contribution in [2.75, 3.05) is 39.4 Å². The normalized spacial score (nSPS) is 31.4. The van der Waals surface area contributed by atoms with Crippen LogP contribution in [-0.2, 0) is 16.1 Å². The molecule has 3 aliphatic heterocycles. The molecule has 0 radical (unpaired) electrons. The van der Waals surface area contributed by atoms with Crippen LogP contribution in [0.2, 0.25) is 0 Å². The Balaban J connectivity index is 1.43. The van der Waals surface area contributed by atoms with Crippen LogP contribution in [0.5, 0.6) is 0 Å². The van der Waals surface area contributed by atoms with Crippen molar-refractivity contribution in [1.29, 1.82) is 0 Å². The van der Waals surface area contributed by atoms with E-state index >= 15 is 0 Å². The van der Waals surface area contributed by atoms with Crippen molar-refractivity contribution in [2.24, 2.45) is 11.8 Å². The zero-order valence-corrected chi connectivity index (χ0v) is 16.4. The maximum Gasteiger partial charge on any atom is 0.246 e. The lowest BCUT2D eigenvalue weighted by Crippen LogP contribution is -2.65.